The Kier molecular flexibility index (Phi) is 6.93. The molecule has 2 aromatic rings. The van der Waals surface area contributed by atoms with Crippen LogP contribution in [0.5, 0.6) is 11.5 Å². The van der Waals surface area contributed by atoms with E-state index in [2.05, 4.69) is 26.0 Å². The van der Waals surface area contributed by atoms with Crippen LogP contribution in [0.25, 0.3) is 0 Å². The number of amides is 1. The first kappa shape index (κ1) is 21.3. The van der Waals surface area contributed by atoms with E-state index >= 15 is 0 Å². The largest absolute Gasteiger partial charge is 0.507 e. The van der Waals surface area contributed by atoms with E-state index < -0.39 is 32.3 Å². The zero-order valence-corrected chi connectivity index (χ0v) is 16.9. The number of aromatic hydroxyl groups is 2. The van der Waals surface area contributed by atoms with Crippen molar-refractivity contribution in [1.29, 1.82) is 0 Å². The first-order valence-corrected chi connectivity index (χ1v) is 10.2. The number of phenols is 2. The van der Waals surface area contributed by atoms with Gasteiger partial charge in [0.2, 0.25) is 0 Å². The van der Waals surface area contributed by atoms with Crippen molar-refractivity contribution in [1.82, 2.24) is 5.32 Å². The van der Waals surface area contributed by atoms with Crippen molar-refractivity contribution in [3.63, 3.8) is 0 Å². The van der Waals surface area contributed by atoms with Crippen LogP contribution in [0.4, 0.5) is 5.69 Å². The minimum atomic E-state index is -4.28. The molecule has 0 saturated heterocycles. The summed E-state index contributed by atoms with van der Waals surface area (Å²) in [6.07, 6.45) is 0.314. The Morgan fingerprint density at radius 3 is 2.56 bits per heavy atom. The first-order valence-electron chi connectivity index (χ1n) is 7.58. The average Bonchev–Trinajstić information content (AvgIpc) is 2.59. The summed E-state index contributed by atoms with van der Waals surface area (Å²) in [6.45, 7) is 0.0389. The Morgan fingerprint density at radius 1 is 1.19 bits per heavy atom. The molecule has 0 radical (unpaired) electrons. The second-order valence-electron chi connectivity index (χ2n) is 5.40. The number of aliphatic hydroxyl groups excluding tert-OH is 1. The second-order valence-corrected chi connectivity index (χ2v) is 8.40. The van der Waals surface area contributed by atoms with Crippen molar-refractivity contribution in [2.24, 2.45) is 0 Å². The van der Waals surface area contributed by atoms with Crippen molar-refractivity contribution in [2.75, 3.05) is 17.9 Å². The molecule has 0 fully saturated rings. The molecule has 1 amide bonds. The number of halogens is 2. The third kappa shape index (κ3) is 5.25. The maximum Gasteiger partial charge on any atom is 0.265 e. The molecule has 2 rings (SSSR count). The molecule has 11 heteroatoms. The summed E-state index contributed by atoms with van der Waals surface area (Å²) < 4.78 is 27.6. The van der Waals surface area contributed by atoms with Crippen molar-refractivity contribution in [2.45, 2.75) is 11.3 Å². The highest BCUT2D eigenvalue weighted by Gasteiger charge is 2.23. The molecular formula is C16H16BrClN2O6S. The maximum absolute atomic E-state index is 12.6. The van der Waals surface area contributed by atoms with E-state index in [0.717, 1.165) is 6.07 Å². The Labute approximate surface area is 169 Å². The molecule has 5 N–H and O–H groups in total. The van der Waals surface area contributed by atoms with Crippen LogP contribution in [0.3, 0.4) is 0 Å². The third-order valence-electron chi connectivity index (χ3n) is 3.40. The van der Waals surface area contributed by atoms with Crippen LogP contribution in [0.15, 0.2) is 39.7 Å². The van der Waals surface area contributed by atoms with E-state index in [1.807, 2.05) is 0 Å². The van der Waals surface area contributed by atoms with E-state index in [0.29, 0.717) is 10.9 Å². The molecule has 0 heterocycles. The van der Waals surface area contributed by atoms with Gasteiger partial charge in [0.1, 0.15) is 10.6 Å². The smallest absolute Gasteiger partial charge is 0.265 e. The Hall–Kier alpha value is -2.01. The van der Waals surface area contributed by atoms with Gasteiger partial charge in [0, 0.05) is 22.6 Å². The van der Waals surface area contributed by atoms with Gasteiger partial charge in [0.15, 0.2) is 5.75 Å². The molecule has 8 nitrogen and oxygen atoms in total. The summed E-state index contributed by atoms with van der Waals surface area (Å²) in [4.78, 5) is 11.7. The zero-order valence-electron chi connectivity index (χ0n) is 13.7. The molecule has 0 aromatic heterocycles. The topological polar surface area (TPSA) is 136 Å². The van der Waals surface area contributed by atoms with Gasteiger partial charge in [-0.1, -0.05) is 27.5 Å². The van der Waals surface area contributed by atoms with Crippen molar-refractivity contribution >= 4 is 49.1 Å². The number of phenolic OH excluding ortho intramolecular Hbond substituents is 2. The summed E-state index contributed by atoms with van der Waals surface area (Å²) >= 11 is 9.05. The summed E-state index contributed by atoms with van der Waals surface area (Å²) in [6, 6.07) is 6.14. The monoisotopic (exact) mass is 478 g/mol. The Morgan fingerprint density at radius 2 is 1.89 bits per heavy atom. The predicted octanol–water partition coefficient (Wildman–Crippen LogP) is 2.43. The summed E-state index contributed by atoms with van der Waals surface area (Å²) in [5, 5.41) is 31.4. The van der Waals surface area contributed by atoms with Gasteiger partial charge in [-0.15, -0.1) is 0 Å². The van der Waals surface area contributed by atoms with Gasteiger partial charge >= 0.3 is 0 Å². The van der Waals surface area contributed by atoms with E-state index in [9.17, 15) is 23.4 Å². The molecule has 0 spiro atoms. The molecular weight excluding hydrogens is 464 g/mol. The quantitative estimate of drug-likeness (QED) is 0.306. The summed E-state index contributed by atoms with van der Waals surface area (Å²) in [5.41, 5.74) is -0.564. The van der Waals surface area contributed by atoms with Gasteiger partial charge < -0.3 is 20.6 Å². The van der Waals surface area contributed by atoms with Gasteiger partial charge in [-0.2, -0.15) is 0 Å². The molecule has 0 bridgehead atoms. The molecule has 0 aliphatic carbocycles. The lowest BCUT2D eigenvalue weighted by Crippen LogP contribution is -2.25. The molecule has 146 valence electrons. The minimum Gasteiger partial charge on any atom is -0.507 e. The van der Waals surface area contributed by atoms with Crippen LogP contribution < -0.4 is 10.0 Å². The minimum absolute atomic E-state index is 0.0104. The van der Waals surface area contributed by atoms with Crippen molar-refractivity contribution in [3.05, 3.63) is 45.4 Å². The number of aliphatic hydroxyl groups is 1. The average molecular weight is 480 g/mol. The number of rotatable bonds is 7. The number of carbonyl (C=O) groups excluding carboxylic acids is 1. The SMILES string of the molecule is O=C(NCCCO)c1cc(Cl)cc(NS(=O)(=O)c2cc(Br)ccc2O)c1O. The Bertz CT molecular complexity index is 968. The van der Waals surface area contributed by atoms with Crippen LogP contribution in [0.2, 0.25) is 5.02 Å². The van der Waals surface area contributed by atoms with Crippen LogP contribution in [-0.4, -0.2) is 42.8 Å². The number of hydrogen-bond donors (Lipinski definition) is 5. The maximum atomic E-state index is 12.6. The highest BCUT2D eigenvalue weighted by Crippen LogP contribution is 2.35. The van der Waals surface area contributed by atoms with E-state index in [-0.39, 0.29) is 29.4 Å². The van der Waals surface area contributed by atoms with Gasteiger partial charge in [-0.3, -0.25) is 9.52 Å². The molecule has 0 atom stereocenters. The molecule has 0 aliphatic rings. The highest BCUT2D eigenvalue weighted by atomic mass is 79.9. The normalized spacial score (nSPS) is 11.2. The van der Waals surface area contributed by atoms with E-state index in [1.54, 1.807) is 0 Å². The third-order valence-corrected chi connectivity index (χ3v) is 5.50. The fourth-order valence-corrected chi connectivity index (χ4v) is 4.04. The molecule has 27 heavy (non-hydrogen) atoms. The second kappa shape index (κ2) is 8.79. The molecule has 0 saturated carbocycles. The van der Waals surface area contributed by atoms with Crippen molar-refractivity contribution in [3.8, 4) is 11.5 Å². The zero-order chi connectivity index (χ0) is 20.2. The van der Waals surface area contributed by atoms with Gasteiger partial charge in [0.25, 0.3) is 15.9 Å². The number of hydrogen-bond acceptors (Lipinski definition) is 6. The number of benzene rings is 2. The lowest BCUT2D eigenvalue weighted by molar-refractivity contribution is 0.0948. The first-order chi connectivity index (χ1) is 12.7. The van der Waals surface area contributed by atoms with Gasteiger partial charge in [-0.25, -0.2) is 8.42 Å². The lowest BCUT2D eigenvalue weighted by Gasteiger charge is -2.14. The number of nitrogens with one attached hydrogen (secondary N) is 2. The summed E-state index contributed by atoms with van der Waals surface area (Å²) in [7, 11) is -4.28. The van der Waals surface area contributed by atoms with Gasteiger partial charge in [0.05, 0.1) is 11.3 Å². The molecule has 0 unspecified atom stereocenters. The van der Waals surface area contributed by atoms with E-state index in [1.165, 1.54) is 24.3 Å². The Balaban J connectivity index is 2.39. The highest BCUT2D eigenvalue weighted by molar-refractivity contribution is 9.10. The molecule has 0 aliphatic heterocycles. The standard InChI is InChI=1S/C16H16BrClN2O6S/c17-9-2-3-13(22)14(6-9)27(25,26)20-12-8-10(18)7-11(15(12)23)16(24)19-4-1-5-21/h2-3,6-8,20-23H,1,4-5H2,(H,19,24). The lowest BCUT2D eigenvalue weighted by atomic mass is 10.1. The number of sulfonamides is 1. The number of carbonyl (C=O) groups is 1. The fourth-order valence-electron chi connectivity index (χ4n) is 2.13. The number of anilines is 1. The molecule has 2 aromatic carbocycles. The van der Waals surface area contributed by atoms with Crippen molar-refractivity contribution < 1.29 is 28.5 Å². The van der Waals surface area contributed by atoms with E-state index in [4.69, 9.17) is 16.7 Å². The summed E-state index contributed by atoms with van der Waals surface area (Å²) in [5.74, 6) is -1.80. The predicted molar refractivity (Wildman–Crippen MR) is 104 cm³/mol. The van der Waals surface area contributed by atoms with Crippen LogP contribution in [-0.2, 0) is 10.0 Å². The van der Waals surface area contributed by atoms with Crippen LogP contribution in [0, 0.1) is 0 Å². The van der Waals surface area contributed by atoms with Crippen LogP contribution in [0.1, 0.15) is 16.8 Å². The van der Waals surface area contributed by atoms with Crippen LogP contribution >= 0.6 is 27.5 Å². The van der Waals surface area contributed by atoms with Gasteiger partial charge in [-0.05, 0) is 36.8 Å². The fraction of sp³-hybridized carbons (Fsp3) is 0.188.